The highest BCUT2D eigenvalue weighted by molar-refractivity contribution is 7.09. The van der Waals surface area contributed by atoms with Gasteiger partial charge in [0.1, 0.15) is 6.61 Å². The summed E-state index contributed by atoms with van der Waals surface area (Å²) in [5.41, 5.74) is 1.44. The summed E-state index contributed by atoms with van der Waals surface area (Å²) in [4.78, 5) is 23.4. The first-order chi connectivity index (χ1) is 11.6. The fraction of sp³-hybridized carbons (Fsp3) is 0.176. The molecule has 1 unspecified atom stereocenters. The van der Waals surface area contributed by atoms with Gasteiger partial charge >= 0.3 is 12.1 Å². The van der Waals surface area contributed by atoms with Crippen LogP contribution >= 0.6 is 9.47 Å². The van der Waals surface area contributed by atoms with Gasteiger partial charge in [-0.05, 0) is 11.1 Å². The van der Waals surface area contributed by atoms with E-state index in [2.05, 4.69) is 5.32 Å². The Balaban J connectivity index is 2.07. The summed E-state index contributed by atoms with van der Waals surface area (Å²) in [5, 5.41) is 11.9. The van der Waals surface area contributed by atoms with Gasteiger partial charge in [0, 0.05) is 9.47 Å². The summed E-state index contributed by atoms with van der Waals surface area (Å²) in [5.74, 6) is -1.19. The topological polar surface area (TPSA) is 84.9 Å². The van der Waals surface area contributed by atoms with Gasteiger partial charge in [-0.25, -0.2) is 9.59 Å². The molecule has 0 heterocycles. The minimum atomic E-state index is -1.26. The van der Waals surface area contributed by atoms with E-state index < -0.39 is 24.2 Å². The molecule has 0 aliphatic heterocycles. The number of hydrogen-bond acceptors (Lipinski definition) is 4. The average molecular weight is 347 g/mol. The molecule has 24 heavy (non-hydrogen) atoms. The van der Waals surface area contributed by atoms with Crippen molar-refractivity contribution < 1.29 is 24.0 Å². The number of ether oxygens (including phenoxy) is 1. The Kier molecular flexibility index (Phi) is 6.73. The Morgan fingerprint density at radius 2 is 1.62 bits per heavy atom. The molecule has 7 heteroatoms. The number of amides is 1. The second kappa shape index (κ2) is 9.01. The Labute approximate surface area is 142 Å². The standard InChI is InChI=1S/C17H18NO5P/c19-16(20)15(23-24)14(13-9-5-2-6-10-13)18-17(21)22-11-12-7-3-1-4-8-12/h1-10,14-15H,11,24H2,(H,18,21)(H,19,20)/t14-,15+/m0/s1. The van der Waals surface area contributed by atoms with Crippen molar-refractivity contribution in [2.75, 3.05) is 0 Å². The molecule has 2 rings (SSSR count). The number of carbonyl (C=O) groups excluding carboxylic acids is 1. The van der Waals surface area contributed by atoms with E-state index in [1.54, 1.807) is 30.3 Å². The van der Waals surface area contributed by atoms with Crippen LogP contribution in [0.4, 0.5) is 4.79 Å². The summed E-state index contributed by atoms with van der Waals surface area (Å²) in [6.45, 7) is 0.0909. The van der Waals surface area contributed by atoms with E-state index in [0.717, 1.165) is 5.56 Å². The van der Waals surface area contributed by atoms with E-state index in [1.807, 2.05) is 39.8 Å². The maximum Gasteiger partial charge on any atom is 0.408 e. The van der Waals surface area contributed by atoms with Gasteiger partial charge in [0.05, 0.1) is 6.04 Å². The second-order valence-electron chi connectivity index (χ2n) is 4.99. The average Bonchev–Trinajstić information content (AvgIpc) is 2.61. The van der Waals surface area contributed by atoms with Gasteiger partial charge in [0.15, 0.2) is 6.10 Å². The summed E-state index contributed by atoms with van der Waals surface area (Å²) < 4.78 is 10.1. The number of alkyl carbamates (subject to hydrolysis) is 1. The first-order valence-corrected chi connectivity index (χ1v) is 7.69. The van der Waals surface area contributed by atoms with Gasteiger partial charge in [0.25, 0.3) is 0 Å². The smallest absolute Gasteiger partial charge is 0.408 e. The lowest BCUT2D eigenvalue weighted by molar-refractivity contribution is -0.145. The second-order valence-corrected chi connectivity index (χ2v) is 5.26. The van der Waals surface area contributed by atoms with E-state index in [0.29, 0.717) is 5.56 Å². The largest absolute Gasteiger partial charge is 0.479 e. The van der Waals surface area contributed by atoms with Crippen molar-refractivity contribution in [2.24, 2.45) is 0 Å². The van der Waals surface area contributed by atoms with Crippen molar-refractivity contribution in [3.8, 4) is 0 Å². The first kappa shape index (κ1) is 17.9. The lowest BCUT2D eigenvalue weighted by Crippen LogP contribution is -2.40. The molecular formula is C17H18NO5P. The molecule has 2 N–H and O–H groups in total. The van der Waals surface area contributed by atoms with Crippen molar-refractivity contribution in [1.29, 1.82) is 0 Å². The van der Waals surface area contributed by atoms with Crippen LogP contribution in [0.1, 0.15) is 17.2 Å². The molecular weight excluding hydrogens is 329 g/mol. The van der Waals surface area contributed by atoms with Crippen LogP contribution in [0.3, 0.4) is 0 Å². The molecule has 6 nitrogen and oxygen atoms in total. The minimum Gasteiger partial charge on any atom is -0.479 e. The van der Waals surface area contributed by atoms with E-state index in [-0.39, 0.29) is 6.61 Å². The van der Waals surface area contributed by atoms with Crippen LogP contribution in [0.15, 0.2) is 60.7 Å². The van der Waals surface area contributed by atoms with Gasteiger partial charge in [-0.1, -0.05) is 60.7 Å². The molecule has 0 bridgehead atoms. The number of nitrogens with one attached hydrogen (secondary N) is 1. The number of rotatable bonds is 7. The molecule has 0 saturated heterocycles. The lowest BCUT2D eigenvalue weighted by atomic mass is 10.0. The highest BCUT2D eigenvalue weighted by atomic mass is 31.0. The molecule has 0 aliphatic carbocycles. The third-order valence-electron chi connectivity index (χ3n) is 3.34. The molecule has 0 radical (unpaired) electrons. The Bertz CT molecular complexity index is 665. The third-order valence-corrected chi connectivity index (χ3v) is 3.63. The molecule has 0 spiro atoms. The summed E-state index contributed by atoms with van der Waals surface area (Å²) in [7, 11) is 1.92. The van der Waals surface area contributed by atoms with Crippen LogP contribution in [0, 0.1) is 0 Å². The molecule has 2 aromatic carbocycles. The Morgan fingerprint density at radius 3 is 2.17 bits per heavy atom. The Hall–Kier alpha value is -2.43. The maximum absolute atomic E-state index is 12.1. The number of carbonyl (C=O) groups is 2. The molecule has 2 aromatic rings. The predicted molar refractivity (Wildman–Crippen MR) is 91.2 cm³/mol. The molecule has 1 amide bonds. The lowest BCUT2D eigenvalue weighted by Gasteiger charge is -2.24. The zero-order valence-corrected chi connectivity index (χ0v) is 13.9. The van der Waals surface area contributed by atoms with E-state index >= 15 is 0 Å². The quantitative estimate of drug-likeness (QED) is 0.752. The van der Waals surface area contributed by atoms with Crippen molar-refractivity contribution in [3.05, 3.63) is 71.8 Å². The zero-order chi connectivity index (χ0) is 17.4. The van der Waals surface area contributed by atoms with Crippen molar-refractivity contribution in [1.82, 2.24) is 5.32 Å². The number of carboxylic acids is 1. The SMILES string of the molecule is O=C(N[C@@H](c1ccccc1)[C@@H](OP)C(=O)O)OCc1ccccc1. The monoisotopic (exact) mass is 347 g/mol. The van der Waals surface area contributed by atoms with Gasteiger partial charge < -0.3 is 19.7 Å². The molecule has 0 fully saturated rings. The van der Waals surface area contributed by atoms with Crippen LogP contribution in [-0.2, 0) is 20.7 Å². The Morgan fingerprint density at radius 1 is 1.04 bits per heavy atom. The highest BCUT2D eigenvalue weighted by Crippen LogP contribution is 2.21. The molecule has 0 aliphatic rings. The van der Waals surface area contributed by atoms with Gasteiger partial charge in [-0.15, -0.1) is 0 Å². The normalized spacial score (nSPS) is 12.9. The van der Waals surface area contributed by atoms with E-state index in [4.69, 9.17) is 9.26 Å². The van der Waals surface area contributed by atoms with Gasteiger partial charge in [-0.2, -0.15) is 0 Å². The molecule has 0 saturated carbocycles. The number of aliphatic carboxylic acids is 1. The van der Waals surface area contributed by atoms with Crippen LogP contribution in [0.2, 0.25) is 0 Å². The van der Waals surface area contributed by atoms with Crippen molar-refractivity contribution in [3.63, 3.8) is 0 Å². The third kappa shape index (κ3) is 5.05. The first-order valence-electron chi connectivity index (χ1n) is 7.22. The maximum atomic E-state index is 12.1. The van der Waals surface area contributed by atoms with Crippen LogP contribution in [0.5, 0.6) is 0 Å². The van der Waals surface area contributed by atoms with E-state index in [9.17, 15) is 14.7 Å². The molecule has 0 aromatic heterocycles. The van der Waals surface area contributed by atoms with Crippen molar-refractivity contribution in [2.45, 2.75) is 18.8 Å². The number of benzene rings is 2. The molecule has 126 valence electrons. The van der Waals surface area contributed by atoms with Gasteiger partial charge in [-0.3, -0.25) is 0 Å². The summed E-state index contributed by atoms with van der Waals surface area (Å²) >= 11 is 0. The predicted octanol–water partition coefficient (Wildman–Crippen LogP) is 2.91. The fourth-order valence-electron chi connectivity index (χ4n) is 2.17. The molecule has 3 atom stereocenters. The van der Waals surface area contributed by atoms with Gasteiger partial charge in [0.2, 0.25) is 0 Å². The fourth-order valence-corrected chi connectivity index (χ4v) is 2.44. The minimum absolute atomic E-state index is 0.0909. The van der Waals surface area contributed by atoms with Crippen LogP contribution in [0.25, 0.3) is 0 Å². The van der Waals surface area contributed by atoms with Crippen LogP contribution in [-0.4, -0.2) is 23.3 Å². The summed E-state index contributed by atoms with van der Waals surface area (Å²) in [6.07, 6.45) is -1.98. The number of hydrogen-bond donors (Lipinski definition) is 2. The number of carboxylic acid groups (broad SMARTS) is 1. The van der Waals surface area contributed by atoms with Crippen LogP contribution < -0.4 is 5.32 Å². The van der Waals surface area contributed by atoms with Crippen molar-refractivity contribution >= 4 is 21.5 Å². The highest BCUT2D eigenvalue weighted by Gasteiger charge is 2.31. The summed E-state index contributed by atoms with van der Waals surface area (Å²) in [6, 6.07) is 17.0. The zero-order valence-electron chi connectivity index (χ0n) is 12.8. The van der Waals surface area contributed by atoms with E-state index in [1.165, 1.54) is 0 Å².